The van der Waals surface area contributed by atoms with Gasteiger partial charge < -0.3 is 9.47 Å². The van der Waals surface area contributed by atoms with Gasteiger partial charge in [0.1, 0.15) is 17.4 Å². The Balaban J connectivity index is 2.17. The Labute approximate surface area is 142 Å². The third-order valence-electron chi connectivity index (χ3n) is 4.31. The van der Waals surface area contributed by atoms with Crippen LogP contribution in [0.2, 0.25) is 0 Å². The molecule has 1 unspecified atom stereocenters. The van der Waals surface area contributed by atoms with Crippen molar-refractivity contribution in [3.63, 3.8) is 0 Å². The molecule has 3 heteroatoms. The van der Waals surface area contributed by atoms with Crippen LogP contribution in [0, 0.1) is 0 Å². The van der Waals surface area contributed by atoms with Crippen molar-refractivity contribution in [3.05, 3.63) is 71.3 Å². The molecule has 1 heterocycles. The highest BCUT2D eigenvalue weighted by atomic mass is 16.5. The molecule has 2 aromatic carbocycles. The largest absolute Gasteiger partial charge is 0.484 e. The summed E-state index contributed by atoms with van der Waals surface area (Å²) in [6.45, 7) is 2.17. The van der Waals surface area contributed by atoms with Crippen LogP contribution in [0.1, 0.15) is 49.0 Å². The van der Waals surface area contributed by atoms with Crippen LogP contribution in [0.5, 0.6) is 0 Å². The van der Waals surface area contributed by atoms with E-state index < -0.39 is 0 Å². The van der Waals surface area contributed by atoms with E-state index in [1.807, 2.05) is 54.6 Å². The van der Waals surface area contributed by atoms with Gasteiger partial charge in [-0.3, -0.25) is 0 Å². The van der Waals surface area contributed by atoms with Crippen LogP contribution >= 0.6 is 0 Å². The molecular weight excluding hydrogens is 300 g/mol. The molecule has 0 N–H and O–H groups in total. The smallest absolute Gasteiger partial charge is 0.342 e. The van der Waals surface area contributed by atoms with Gasteiger partial charge in [-0.2, -0.15) is 0 Å². The molecule has 0 saturated heterocycles. The van der Waals surface area contributed by atoms with Crippen molar-refractivity contribution in [1.82, 2.24) is 0 Å². The third-order valence-corrected chi connectivity index (χ3v) is 4.31. The molecule has 0 bridgehead atoms. The van der Waals surface area contributed by atoms with Gasteiger partial charge in [0.2, 0.25) is 0 Å². The van der Waals surface area contributed by atoms with Crippen molar-refractivity contribution >= 4 is 17.3 Å². The number of ether oxygens (including phenoxy) is 2. The highest BCUT2D eigenvalue weighted by molar-refractivity contribution is 6.24. The Hall–Kier alpha value is -2.55. The van der Waals surface area contributed by atoms with Crippen LogP contribution in [-0.2, 0) is 14.3 Å². The van der Waals surface area contributed by atoms with E-state index in [2.05, 4.69) is 6.92 Å². The maximum atomic E-state index is 12.5. The zero-order valence-corrected chi connectivity index (χ0v) is 14.1. The Morgan fingerprint density at radius 3 is 2.50 bits per heavy atom. The van der Waals surface area contributed by atoms with Gasteiger partial charge in [-0.05, 0) is 18.4 Å². The second kappa shape index (κ2) is 7.35. The lowest BCUT2D eigenvalue weighted by Crippen LogP contribution is -2.18. The summed E-state index contributed by atoms with van der Waals surface area (Å²) in [4.78, 5) is 12.5. The number of esters is 1. The number of hydrogen-bond acceptors (Lipinski definition) is 3. The van der Waals surface area contributed by atoms with E-state index >= 15 is 0 Å². The molecule has 0 amide bonds. The van der Waals surface area contributed by atoms with Crippen LogP contribution in [0.15, 0.2) is 54.6 Å². The summed E-state index contributed by atoms with van der Waals surface area (Å²) in [6, 6.07) is 17.7. The molecule has 0 aliphatic carbocycles. The van der Waals surface area contributed by atoms with Gasteiger partial charge in [0.25, 0.3) is 0 Å². The molecule has 0 aromatic heterocycles. The number of carbonyl (C=O) groups excluding carboxylic acids is 1. The number of fused-ring (bicyclic) bond motifs is 1. The standard InChI is InChI=1S/C21H22O3/c1-3-4-14-18-16-12-8-9-13-17(16)19(21(22)23-2)20(24-18)15-10-6-5-7-11-15/h5-13,18H,3-4,14H2,1-2H3. The quantitative estimate of drug-likeness (QED) is 0.728. The van der Waals surface area contributed by atoms with E-state index in [1.54, 1.807) is 0 Å². The van der Waals surface area contributed by atoms with Gasteiger partial charge in [-0.1, -0.05) is 67.9 Å². The number of benzene rings is 2. The number of carbonyl (C=O) groups is 1. The Morgan fingerprint density at radius 1 is 1.08 bits per heavy atom. The molecule has 3 rings (SSSR count). The summed E-state index contributed by atoms with van der Waals surface area (Å²) >= 11 is 0. The second-order valence-electron chi connectivity index (χ2n) is 5.90. The lowest BCUT2D eigenvalue weighted by Gasteiger charge is -2.30. The summed E-state index contributed by atoms with van der Waals surface area (Å²) < 4.78 is 11.4. The van der Waals surface area contributed by atoms with Gasteiger partial charge in [-0.25, -0.2) is 4.79 Å². The summed E-state index contributed by atoms with van der Waals surface area (Å²) in [6.07, 6.45) is 3.08. The fourth-order valence-electron chi connectivity index (χ4n) is 3.10. The van der Waals surface area contributed by atoms with E-state index in [0.29, 0.717) is 11.3 Å². The van der Waals surface area contributed by atoms with Crippen LogP contribution < -0.4 is 0 Å². The first-order chi connectivity index (χ1) is 11.8. The first-order valence-electron chi connectivity index (χ1n) is 8.40. The minimum absolute atomic E-state index is 0.0373. The maximum Gasteiger partial charge on any atom is 0.342 e. The minimum Gasteiger partial charge on any atom is -0.484 e. The molecule has 124 valence electrons. The summed E-state index contributed by atoms with van der Waals surface area (Å²) in [5, 5.41) is 0. The summed E-state index contributed by atoms with van der Waals surface area (Å²) in [5.74, 6) is 0.248. The van der Waals surface area contributed by atoms with Crippen LogP contribution in [0.25, 0.3) is 11.3 Å². The van der Waals surface area contributed by atoms with Gasteiger partial charge in [-0.15, -0.1) is 0 Å². The Morgan fingerprint density at radius 2 is 1.79 bits per heavy atom. The number of methoxy groups -OCH3 is 1. The summed E-state index contributed by atoms with van der Waals surface area (Å²) in [5.41, 5.74) is 3.38. The Kier molecular flexibility index (Phi) is 4.99. The molecule has 0 fully saturated rings. The fraction of sp³-hybridized carbons (Fsp3) is 0.286. The predicted molar refractivity (Wildman–Crippen MR) is 95.1 cm³/mol. The molecule has 1 atom stereocenters. The van der Waals surface area contributed by atoms with Crippen LogP contribution in [0.4, 0.5) is 0 Å². The van der Waals surface area contributed by atoms with Gasteiger partial charge in [0.15, 0.2) is 0 Å². The number of hydrogen-bond donors (Lipinski definition) is 0. The van der Waals surface area contributed by atoms with Crippen molar-refractivity contribution in [1.29, 1.82) is 0 Å². The first-order valence-corrected chi connectivity index (χ1v) is 8.40. The SMILES string of the molecule is CCCCC1OC(c2ccccc2)=C(C(=O)OC)c2ccccc21. The molecule has 24 heavy (non-hydrogen) atoms. The molecule has 3 nitrogen and oxygen atoms in total. The molecule has 0 saturated carbocycles. The lowest BCUT2D eigenvalue weighted by molar-refractivity contribution is -0.133. The monoisotopic (exact) mass is 322 g/mol. The topological polar surface area (TPSA) is 35.5 Å². The second-order valence-corrected chi connectivity index (χ2v) is 5.90. The van der Waals surface area contributed by atoms with Gasteiger partial charge >= 0.3 is 5.97 Å². The molecule has 2 aromatic rings. The van der Waals surface area contributed by atoms with Gasteiger partial charge in [0, 0.05) is 11.1 Å². The van der Waals surface area contributed by atoms with E-state index in [9.17, 15) is 4.79 Å². The molecule has 0 spiro atoms. The van der Waals surface area contributed by atoms with Crippen molar-refractivity contribution in [2.45, 2.75) is 32.3 Å². The molecule has 1 aliphatic heterocycles. The summed E-state index contributed by atoms with van der Waals surface area (Å²) in [7, 11) is 1.41. The minimum atomic E-state index is -0.366. The van der Waals surface area contributed by atoms with Crippen LogP contribution in [-0.4, -0.2) is 13.1 Å². The number of rotatable bonds is 5. The van der Waals surface area contributed by atoms with Crippen LogP contribution in [0.3, 0.4) is 0 Å². The molecular formula is C21H22O3. The lowest BCUT2D eigenvalue weighted by atomic mass is 9.89. The maximum absolute atomic E-state index is 12.5. The average molecular weight is 322 g/mol. The van der Waals surface area contributed by atoms with Crippen molar-refractivity contribution in [2.75, 3.05) is 7.11 Å². The van der Waals surface area contributed by atoms with E-state index in [1.165, 1.54) is 7.11 Å². The third kappa shape index (κ3) is 3.07. The zero-order chi connectivity index (χ0) is 16.9. The van der Waals surface area contributed by atoms with E-state index in [0.717, 1.165) is 36.0 Å². The highest BCUT2D eigenvalue weighted by Crippen LogP contribution is 2.43. The van der Waals surface area contributed by atoms with Crippen molar-refractivity contribution in [3.8, 4) is 0 Å². The van der Waals surface area contributed by atoms with E-state index in [4.69, 9.17) is 9.47 Å². The van der Waals surface area contributed by atoms with Gasteiger partial charge in [0.05, 0.1) is 7.11 Å². The first kappa shape index (κ1) is 16.3. The Bertz CT molecular complexity index is 747. The predicted octanol–water partition coefficient (Wildman–Crippen LogP) is 4.99. The average Bonchev–Trinajstić information content (AvgIpc) is 2.65. The normalized spacial score (nSPS) is 16.3. The van der Waals surface area contributed by atoms with Crippen molar-refractivity contribution < 1.29 is 14.3 Å². The van der Waals surface area contributed by atoms with Crippen molar-refractivity contribution in [2.24, 2.45) is 0 Å². The molecule has 1 aliphatic rings. The highest BCUT2D eigenvalue weighted by Gasteiger charge is 2.32. The van der Waals surface area contributed by atoms with E-state index in [-0.39, 0.29) is 12.1 Å². The molecule has 0 radical (unpaired) electrons. The number of unbranched alkanes of at least 4 members (excludes halogenated alkanes) is 1. The zero-order valence-electron chi connectivity index (χ0n) is 14.1. The fourth-order valence-corrected chi connectivity index (χ4v) is 3.10.